The molecular weight excluding hydrogens is 232 g/mol. The van der Waals surface area contributed by atoms with Gasteiger partial charge in [0.2, 0.25) is 0 Å². The number of rotatable bonds is 6. The molecule has 0 amide bonds. The summed E-state index contributed by atoms with van der Waals surface area (Å²) in [7, 11) is 0. The Morgan fingerprint density at radius 1 is 1.00 bits per heavy atom. The smallest absolute Gasteiger partial charge is 0.0366 e. The van der Waals surface area contributed by atoms with Gasteiger partial charge in [-0.15, -0.1) is 0 Å². The van der Waals surface area contributed by atoms with E-state index in [1.807, 2.05) is 0 Å². The molecule has 0 saturated carbocycles. The minimum Gasteiger partial charge on any atom is -0.383 e. The summed E-state index contributed by atoms with van der Waals surface area (Å²) < 4.78 is 0. The highest BCUT2D eigenvalue weighted by Crippen LogP contribution is 2.13. The van der Waals surface area contributed by atoms with Gasteiger partial charge in [0, 0.05) is 31.0 Å². The van der Waals surface area contributed by atoms with Crippen LogP contribution in [0, 0.1) is 6.92 Å². The lowest BCUT2D eigenvalue weighted by Gasteiger charge is -2.23. The first-order chi connectivity index (χ1) is 9.29. The van der Waals surface area contributed by atoms with Gasteiger partial charge in [-0.2, -0.15) is 0 Å². The van der Waals surface area contributed by atoms with Gasteiger partial charge in [0.25, 0.3) is 0 Å². The average Bonchev–Trinajstić information content (AvgIpc) is 2.45. The van der Waals surface area contributed by atoms with Crippen molar-refractivity contribution < 1.29 is 0 Å². The van der Waals surface area contributed by atoms with Crippen LogP contribution in [0.1, 0.15) is 12.5 Å². The first kappa shape index (κ1) is 13.5. The van der Waals surface area contributed by atoms with Crippen LogP contribution in [-0.2, 0) is 0 Å². The predicted molar refractivity (Wildman–Crippen MR) is 84.0 cm³/mol. The Morgan fingerprint density at radius 3 is 2.47 bits per heavy atom. The largest absolute Gasteiger partial charge is 0.383 e. The molecule has 0 aliphatic carbocycles. The Labute approximate surface area is 116 Å². The van der Waals surface area contributed by atoms with Gasteiger partial charge in [-0.25, -0.2) is 0 Å². The third-order valence-corrected chi connectivity index (χ3v) is 3.23. The van der Waals surface area contributed by atoms with Crippen molar-refractivity contribution in [2.45, 2.75) is 13.8 Å². The SMILES string of the molecule is CCN(CCNc1cccc(C)c1)c1ccccc1. The van der Waals surface area contributed by atoms with Crippen LogP contribution in [0.4, 0.5) is 11.4 Å². The summed E-state index contributed by atoms with van der Waals surface area (Å²) in [4.78, 5) is 2.38. The molecule has 0 aromatic heterocycles. The highest BCUT2D eigenvalue weighted by molar-refractivity contribution is 5.48. The molecule has 0 unspecified atom stereocenters. The summed E-state index contributed by atoms with van der Waals surface area (Å²) in [6.45, 7) is 7.30. The first-order valence-corrected chi connectivity index (χ1v) is 6.90. The van der Waals surface area contributed by atoms with E-state index in [1.165, 1.54) is 16.9 Å². The summed E-state index contributed by atoms with van der Waals surface area (Å²) in [5.41, 5.74) is 3.78. The standard InChI is InChI=1S/C17H22N2/c1-3-19(17-10-5-4-6-11-17)13-12-18-16-9-7-8-15(2)14-16/h4-11,14,18H,3,12-13H2,1-2H3. The third-order valence-electron chi connectivity index (χ3n) is 3.23. The van der Waals surface area contributed by atoms with Crippen LogP contribution in [0.25, 0.3) is 0 Å². The molecule has 0 radical (unpaired) electrons. The summed E-state index contributed by atoms with van der Waals surface area (Å²) in [6, 6.07) is 19.1. The molecule has 0 fully saturated rings. The second-order valence-corrected chi connectivity index (χ2v) is 4.71. The van der Waals surface area contributed by atoms with Crippen molar-refractivity contribution in [1.82, 2.24) is 0 Å². The van der Waals surface area contributed by atoms with Crippen LogP contribution in [0.5, 0.6) is 0 Å². The fraction of sp³-hybridized carbons (Fsp3) is 0.294. The zero-order chi connectivity index (χ0) is 13.5. The molecule has 1 N–H and O–H groups in total. The molecule has 2 aromatic carbocycles. The fourth-order valence-corrected chi connectivity index (χ4v) is 2.20. The molecule has 19 heavy (non-hydrogen) atoms. The van der Waals surface area contributed by atoms with Gasteiger partial charge in [-0.3, -0.25) is 0 Å². The molecule has 100 valence electrons. The van der Waals surface area contributed by atoms with Gasteiger partial charge in [0.1, 0.15) is 0 Å². The Morgan fingerprint density at radius 2 is 1.79 bits per heavy atom. The van der Waals surface area contributed by atoms with E-state index in [0.29, 0.717) is 0 Å². The van der Waals surface area contributed by atoms with Crippen LogP contribution in [0.3, 0.4) is 0 Å². The molecular formula is C17H22N2. The molecule has 0 bridgehead atoms. The normalized spacial score (nSPS) is 10.2. The van der Waals surface area contributed by atoms with E-state index >= 15 is 0 Å². The molecule has 2 nitrogen and oxygen atoms in total. The maximum absolute atomic E-state index is 3.48. The van der Waals surface area contributed by atoms with E-state index < -0.39 is 0 Å². The number of nitrogens with one attached hydrogen (secondary N) is 1. The van der Waals surface area contributed by atoms with Crippen LogP contribution < -0.4 is 10.2 Å². The molecule has 0 aliphatic rings. The van der Waals surface area contributed by atoms with E-state index in [9.17, 15) is 0 Å². The lowest BCUT2D eigenvalue weighted by molar-refractivity contribution is 0.835. The van der Waals surface area contributed by atoms with Crippen molar-refractivity contribution in [3.8, 4) is 0 Å². The molecule has 0 saturated heterocycles. The van der Waals surface area contributed by atoms with E-state index in [0.717, 1.165) is 19.6 Å². The quantitative estimate of drug-likeness (QED) is 0.840. The zero-order valence-corrected chi connectivity index (χ0v) is 11.8. The van der Waals surface area contributed by atoms with Crippen LogP contribution in [-0.4, -0.2) is 19.6 Å². The molecule has 0 aliphatic heterocycles. The number of aryl methyl sites for hydroxylation is 1. The average molecular weight is 254 g/mol. The Kier molecular flexibility index (Phi) is 4.85. The Balaban J connectivity index is 1.87. The summed E-state index contributed by atoms with van der Waals surface area (Å²) in [6.07, 6.45) is 0. The number of nitrogens with zero attached hydrogens (tertiary/aromatic N) is 1. The molecule has 2 aromatic rings. The molecule has 2 rings (SSSR count). The van der Waals surface area contributed by atoms with Gasteiger partial charge in [-0.05, 0) is 43.7 Å². The lowest BCUT2D eigenvalue weighted by Crippen LogP contribution is -2.28. The van der Waals surface area contributed by atoms with Crippen LogP contribution in [0.2, 0.25) is 0 Å². The summed E-state index contributed by atoms with van der Waals surface area (Å²) in [5, 5.41) is 3.48. The number of hydrogen-bond acceptors (Lipinski definition) is 2. The van der Waals surface area contributed by atoms with Crippen LogP contribution >= 0.6 is 0 Å². The monoisotopic (exact) mass is 254 g/mol. The molecule has 0 atom stereocenters. The number of benzene rings is 2. The lowest BCUT2D eigenvalue weighted by atomic mass is 10.2. The highest BCUT2D eigenvalue weighted by atomic mass is 15.1. The maximum Gasteiger partial charge on any atom is 0.0366 e. The minimum atomic E-state index is 0.951. The zero-order valence-electron chi connectivity index (χ0n) is 11.8. The molecule has 2 heteroatoms. The van der Waals surface area contributed by atoms with E-state index in [2.05, 4.69) is 78.7 Å². The van der Waals surface area contributed by atoms with Gasteiger partial charge < -0.3 is 10.2 Å². The maximum atomic E-state index is 3.48. The van der Waals surface area contributed by atoms with Crippen molar-refractivity contribution in [2.24, 2.45) is 0 Å². The van der Waals surface area contributed by atoms with Gasteiger partial charge >= 0.3 is 0 Å². The Hall–Kier alpha value is -1.96. The number of hydrogen-bond donors (Lipinski definition) is 1. The van der Waals surface area contributed by atoms with E-state index in [1.54, 1.807) is 0 Å². The fourth-order valence-electron chi connectivity index (χ4n) is 2.20. The van der Waals surface area contributed by atoms with Crippen molar-refractivity contribution in [2.75, 3.05) is 29.9 Å². The molecule has 0 heterocycles. The molecule has 0 spiro atoms. The Bertz CT molecular complexity index is 494. The van der Waals surface area contributed by atoms with Crippen molar-refractivity contribution in [3.63, 3.8) is 0 Å². The van der Waals surface area contributed by atoms with Gasteiger partial charge in [-0.1, -0.05) is 30.3 Å². The third kappa shape index (κ3) is 4.02. The topological polar surface area (TPSA) is 15.3 Å². The first-order valence-electron chi connectivity index (χ1n) is 6.90. The number of likely N-dealkylation sites (N-methyl/N-ethyl adjacent to an activating group) is 1. The van der Waals surface area contributed by atoms with Crippen molar-refractivity contribution in [3.05, 3.63) is 60.2 Å². The van der Waals surface area contributed by atoms with Crippen LogP contribution in [0.15, 0.2) is 54.6 Å². The van der Waals surface area contributed by atoms with Crippen molar-refractivity contribution >= 4 is 11.4 Å². The predicted octanol–water partition coefficient (Wildman–Crippen LogP) is 3.93. The minimum absolute atomic E-state index is 0.951. The second kappa shape index (κ2) is 6.83. The van der Waals surface area contributed by atoms with E-state index in [-0.39, 0.29) is 0 Å². The van der Waals surface area contributed by atoms with E-state index in [4.69, 9.17) is 0 Å². The second-order valence-electron chi connectivity index (χ2n) is 4.71. The summed E-state index contributed by atoms with van der Waals surface area (Å²) >= 11 is 0. The highest BCUT2D eigenvalue weighted by Gasteiger charge is 2.02. The summed E-state index contributed by atoms with van der Waals surface area (Å²) in [5.74, 6) is 0. The van der Waals surface area contributed by atoms with Gasteiger partial charge in [0.15, 0.2) is 0 Å². The van der Waals surface area contributed by atoms with Crippen molar-refractivity contribution in [1.29, 1.82) is 0 Å². The number of para-hydroxylation sites is 1. The number of anilines is 2. The van der Waals surface area contributed by atoms with Gasteiger partial charge in [0.05, 0.1) is 0 Å².